The van der Waals surface area contributed by atoms with E-state index < -0.39 is 17.5 Å². The van der Waals surface area contributed by atoms with Gasteiger partial charge in [0, 0.05) is 0 Å². The van der Waals surface area contributed by atoms with Crippen molar-refractivity contribution in [2.45, 2.75) is 84.2 Å². The highest BCUT2D eigenvalue weighted by Gasteiger charge is 2.48. The molecule has 2 aromatic rings. The molecule has 0 radical (unpaired) electrons. The van der Waals surface area contributed by atoms with Gasteiger partial charge in [-0.05, 0) is 96.1 Å². The fourth-order valence-corrected chi connectivity index (χ4v) is 6.98. The van der Waals surface area contributed by atoms with Crippen molar-refractivity contribution in [1.29, 1.82) is 0 Å². The van der Waals surface area contributed by atoms with Crippen LogP contribution in [0.4, 0.5) is 13.2 Å². The number of fused-ring (bicyclic) bond motifs is 2. The summed E-state index contributed by atoms with van der Waals surface area (Å²) in [7, 11) is 0. The van der Waals surface area contributed by atoms with E-state index in [9.17, 15) is 13.2 Å². The molecule has 2 saturated carbocycles. The maximum Gasteiger partial charge on any atom is 0.396 e. The third-order valence-corrected chi connectivity index (χ3v) is 7.74. The fraction of sp³-hybridized carbons (Fsp3) is 0.586. The number of ether oxygens (including phenoxy) is 1. The monoisotopic (exact) mass is 458 g/mol. The third-order valence-electron chi connectivity index (χ3n) is 7.74. The van der Waals surface area contributed by atoms with Crippen molar-refractivity contribution in [2.24, 2.45) is 23.2 Å². The molecule has 0 spiro atoms. The number of hydrogen-bond acceptors (Lipinski definition) is 1. The van der Waals surface area contributed by atoms with E-state index in [2.05, 4.69) is 26.0 Å². The summed E-state index contributed by atoms with van der Waals surface area (Å²) in [5.74, 6) is 2.11. The van der Waals surface area contributed by atoms with Crippen molar-refractivity contribution in [3.63, 3.8) is 0 Å². The van der Waals surface area contributed by atoms with Crippen molar-refractivity contribution in [2.75, 3.05) is 0 Å². The van der Waals surface area contributed by atoms with E-state index in [0.717, 1.165) is 23.5 Å². The highest BCUT2D eigenvalue weighted by atomic mass is 19.4. The molecule has 0 saturated heterocycles. The van der Waals surface area contributed by atoms with E-state index >= 15 is 0 Å². The number of benzene rings is 2. The van der Waals surface area contributed by atoms with Crippen LogP contribution in [-0.4, -0.2) is 6.18 Å². The zero-order valence-corrected chi connectivity index (χ0v) is 20.5. The van der Waals surface area contributed by atoms with E-state index in [1.807, 2.05) is 12.1 Å². The number of alkyl halides is 3. The van der Waals surface area contributed by atoms with E-state index in [1.165, 1.54) is 37.7 Å². The molecule has 2 aliphatic rings. The van der Waals surface area contributed by atoms with Crippen LogP contribution >= 0.6 is 0 Å². The summed E-state index contributed by atoms with van der Waals surface area (Å²) in [6, 6.07) is 14.8. The van der Waals surface area contributed by atoms with Gasteiger partial charge in [-0.3, -0.25) is 0 Å². The van der Waals surface area contributed by atoms with E-state index in [-0.39, 0.29) is 11.0 Å². The number of halogens is 3. The van der Waals surface area contributed by atoms with Gasteiger partial charge in [0.05, 0.1) is 5.92 Å². The van der Waals surface area contributed by atoms with Gasteiger partial charge in [-0.2, -0.15) is 13.2 Å². The lowest BCUT2D eigenvalue weighted by Crippen LogP contribution is -2.42. The molecule has 4 heteroatoms. The average Bonchev–Trinajstić information content (AvgIpc) is 2.66. The first-order chi connectivity index (χ1) is 15.4. The zero-order chi connectivity index (χ0) is 24.0. The van der Waals surface area contributed by atoms with Crippen LogP contribution in [0.2, 0.25) is 0 Å². The van der Waals surface area contributed by atoms with E-state index in [4.69, 9.17) is 4.74 Å². The van der Waals surface area contributed by atoms with E-state index in [1.54, 1.807) is 45.0 Å². The molecule has 4 rings (SSSR count). The quantitative estimate of drug-likeness (QED) is 0.443. The molecule has 180 valence electrons. The van der Waals surface area contributed by atoms with Crippen molar-refractivity contribution in [3.8, 4) is 11.5 Å². The Labute approximate surface area is 196 Å². The van der Waals surface area contributed by atoms with Crippen LogP contribution < -0.4 is 4.74 Å². The summed E-state index contributed by atoms with van der Waals surface area (Å²) in [6.45, 7) is 9.65. The van der Waals surface area contributed by atoms with Gasteiger partial charge in [0.2, 0.25) is 0 Å². The Bertz CT molecular complexity index is 903. The Morgan fingerprint density at radius 2 is 1.27 bits per heavy atom. The standard InChI is InChI=1S/C29H37F3O/c1-19-14-21-15-20(2)17-28(16-19,18-21)23-8-12-25(13-9-23)33-24-10-6-22(7-11-24)26(27(3,4)5)29(30,31)32/h6-13,19-21,26H,14-18H2,1-5H3. The minimum absolute atomic E-state index is 0.268. The minimum atomic E-state index is -4.29. The van der Waals surface area contributed by atoms with Crippen LogP contribution in [0, 0.1) is 23.2 Å². The predicted octanol–water partition coefficient (Wildman–Crippen LogP) is 9.27. The van der Waals surface area contributed by atoms with Gasteiger partial charge in [0.25, 0.3) is 0 Å². The zero-order valence-electron chi connectivity index (χ0n) is 20.5. The van der Waals surface area contributed by atoms with Crippen LogP contribution in [0.3, 0.4) is 0 Å². The summed E-state index contributed by atoms with van der Waals surface area (Å²) >= 11 is 0. The van der Waals surface area contributed by atoms with Crippen LogP contribution in [-0.2, 0) is 5.41 Å². The fourth-order valence-electron chi connectivity index (χ4n) is 6.98. The van der Waals surface area contributed by atoms with Crippen LogP contribution in [0.15, 0.2) is 48.5 Å². The molecule has 2 fully saturated rings. The second-order valence-corrected chi connectivity index (χ2v) is 12.0. The Kier molecular flexibility index (Phi) is 6.35. The molecule has 3 atom stereocenters. The third kappa shape index (κ3) is 5.25. The topological polar surface area (TPSA) is 9.23 Å². The van der Waals surface area contributed by atoms with Gasteiger partial charge in [-0.15, -0.1) is 0 Å². The molecule has 0 aliphatic heterocycles. The first kappa shape index (κ1) is 24.2. The summed E-state index contributed by atoms with van der Waals surface area (Å²) in [5, 5.41) is 0. The molecule has 1 nitrogen and oxygen atoms in total. The normalized spacial score (nSPS) is 28.9. The maximum absolute atomic E-state index is 13.6. The summed E-state index contributed by atoms with van der Waals surface area (Å²) in [4.78, 5) is 0. The Morgan fingerprint density at radius 3 is 1.73 bits per heavy atom. The number of rotatable bonds is 4. The van der Waals surface area contributed by atoms with Crippen molar-refractivity contribution < 1.29 is 17.9 Å². The predicted molar refractivity (Wildman–Crippen MR) is 128 cm³/mol. The molecule has 2 aliphatic carbocycles. The highest BCUT2D eigenvalue weighted by molar-refractivity contribution is 5.38. The summed E-state index contributed by atoms with van der Waals surface area (Å²) in [5.41, 5.74) is 1.04. The Morgan fingerprint density at radius 1 is 0.788 bits per heavy atom. The first-order valence-corrected chi connectivity index (χ1v) is 12.3. The lowest BCUT2D eigenvalue weighted by molar-refractivity contribution is -0.171. The van der Waals surface area contributed by atoms with Gasteiger partial charge >= 0.3 is 6.18 Å². The average molecular weight is 459 g/mol. The summed E-state index contributed by atoms with van der Waals surface area (Å²) in [6.07, 6.45) is 2.22. The molecule has 0 N–H and O–H groups in total. The molecular weight excluding hydrogens is 421 g/mol. The molecule has 0 aromatic heterocycles. The van der Waals surface area contributed by atoms with Gasteiger partial charge in [-0.1, -0.05) is 58.9 Å². The van der Waals surface area contributed by atoms with Gasteiger partial charge < -0.3 is 4.74 Å². The Hall–Kier alpha value is -1.97. The van der Waals surface area contributed by atoms with Crippen LogP contribution in [0.1, 0.15) is 83.8 Å². The van der Waals surface area contributed by atoms with Crippen molar-refractivity contribution >= 4 is 0 Å². The highest BCUT2D eigenvalue weighted by Crippen LogP contribution is 2.54. The lowest BCUT2D eigenvalue weighted by Gasteiger charge is -2.50. The molecule has 33 heavy (non-hydrogen) atoms. The molecule has 2 bridgehead atoms. The molecular formula is C29H37F3O. The summed E-state index contributed by atoms with van der Waals surface area (Å²) < 4.78 is 46.9. The van der Waals surface area contributed by atoms with Crippen molar-refractivity contribution in [3.05, 3.63) is 59.7 Å². The molecule has 0 amide bonds. The maximum atomic E-state index is 13.6. The second kappa shape index (κ2) is 8.67. The molecule has 3 unspecified atom stereocenters. The lowest BCUT2D eigenvalue weighted by atomic mass is 9.54. The van der Waals surface area contributed by atoms with Crippen LogP contribution in [0.25, 0.3) is 0 Å². The largest absolute Gasteiger partial charge is 0.457 e. The van der Waals surface area contributed by atoms with Gasteiger partial charge in [-0.25, -0.2) is 0 Å². The van der Waals surface area contributed by atoms with Gasteiger partial charge in [0.15, 0.2) is 0 Å². The van der Waals surface area contributed by atoms with Gasteiger partial charge in [0.1, 0.15) is 11.5 Å². The van der Waals surface area contributed by atoms with Crippen molar-refractivity contribution in [1.82, 2.24) is 0 Å². The Balaban J connectivity index is 1.50. The number of hydrogen-bond donors (Lipinski definition) is 0. The second-order valence-electron chi connectivity index (χ2n) is 12.0. The van der Waals surface area contributed by atoms with E-state index in [0.29, 0.717) is 5.75 Å². The molecule has 0 heterocycles. The SMILES string of the molecule is CC1CC2CC(C)CC(c3ccc(Oc4ccc(C(C(C)(C)C)C(F)(F)F)cc4)cc3)(C1)C2. The van der Waals surface area contributed by atoms with Crippen LogP contribution in [0.5, 0.6) is 11.5 Å². The molecule has 2 aromatic carbocycles. The minimum Gasteiger partial charge on any atom is -0.457 e. The smallest absolute Gasteiger partial charge is 0.396 e. The first-order valence-electron chi connectivity index (χ1n) is 12.3.